The number of rotatable bonds is 5. The molecule has 0 atom stereocenters. The molecule has 0 amide bonds. The smallest absolute Gasteiger partial charge is 0.195 e. The first-order chi connectivity index (χ1) is 8.72. The van der Waals surface area contributed by atoms with E-state index in [1.54, 1.807) is 0 Å². The van der Waals surface area contributed by atoms with Gasteiger partial charge in [0.05, 0.1) is 6.54 Å². The summed E-state index contributed by atoms with van der Waals surface area (Å²) in [5, 5.41) is 2.76. The molecule has 0 aliphatic heterocycles. The first-order valence-corrected chi connectivity index (χ1v) is 6.13. The zero-order chi connectivity index (χ0) is 13.2. The number of hydrogen-bond donors (Lipinski definition) is 3. The van der Waals surface area contributed by atoms with E-state index in [1.165, 1.54) is 0 Å². The molecule has 0 saturated carbocycles. The average Bonchev–Trinajstić information content (AvgIpc) is 2.38. The van der Waals surface area contributed by atoms with E-state index in [-0.39, 0.29) is 5.96 Å². The standard InChI is InChI=1S/C13H21N5/c1-2-3-9-16-12(14)18-13(15)17-10-11-7-5-4-6-8-11/h4-8H,2-3,9-10H2,1H3,(H5,14,15,16,17,18). The number of benzene rings is 1. The summed E-state index contributed by atoms with van der Waals surface area (Å²) in [6, 6.07) is 9.89. The monoisotopic (exact) mass is 247 g/mol. The Balaban J connectivity index is 2.40. The van der Waals surface area contributed by atoms with E-state index in [9.17, 15) is 0 Å². The molecule has 5 N–H and O–H groups in total. The second-order valence-corrected chi connectivity index (χ2v) is 3.93. The minimum absolute atomic E-state index is 0.289. The largest absolute Gasteiger partial charge is 0.370 e. The van der Waals surface area contributed by atoms with Gasteiger partial charge in [-0.3, -0.25) is 10.3 Å². The predicted molar refractivity (Wildman–Crippen MR) is 76.3 cm³/mol. The molecule has 0 spiro atoms. The lowest BCUT2D eigenvalue weighted by Gasteiger charge is -2.04. The molecule has 0 radical (unpaired) electrons. The zero-order valence-corrected chi connectivity index (χ0v) is 10.8. The first-order valence-electron chi connectivity index (χ1n) is 6.13. The maximum atomic E-state index is 5.70. The lowest BCUT2D eigenvalue weighted by atomic mass is 10.2. The summed E-state index contributed by atoms with van der Waals surface area (Å²) >= 11 is 0. The van der Waals surface area contributed by atoms with Crippen molar-refractivity contribution >= 4 is 11.9 Å². The minimum Gasteiger partial charge on any atom is -0.370 e. The van der Waals surface area contributed by atoms with Gasteiger partial charge in [0, 0.05) is 6.54 Å². The van der Waals surface area contributed by atoms with Gasteiger partial charge in [0.2, 0.25) is 0 Å². The molecule has 0 unspecified atom stereocenters. The molecule has 0 fully saturated rings. The van der Waals surface area contributed by atoms with Crippen LogP contribution in [0.15, 0.2) is 40.3 Å². The van der Waals surface area contributed by atoms with Crippen LogP contribution in [-0.2, 0) is 6.54 Å². The van der Waals surface area contributed by atoms with E-state index >= 15 is 0 Å². The van der Waals surface area contributed by atoms with Gasteiger partial charge in [-0.15, -0.1) is 0 Å². The Morgan fingerprint density at radius 1 is 1.11 bits per heavy atom. The van der Waals surface area contributed by atoms with Crippen molar-refractivity contribution in [3.8, 4) is 0 Å². The van der Waals surface area contributed by atoms with E-state index in [1.807, 2.05) is 30.3 Å². The van der Waals surface area contributed by atoms with Gasteiger partial charge in [0.25, 0.3) is 0 Å². The van der Waals surface area contributed by atoms with Crippen LogP contribution in [-0.4, -0.2) is 18.5 Å². The number of nitrogens with one attached hydrogen (secondary N) is 1. The highest BCUT2D eigenvalue weighted by atomic mass is 15.2. The highest BCUT2D eigenvalue weighted by Gasteiger charge is 1.95. The number of nitrogens with zero attached hydrogens (tertiary/aromatic N) is 2. The molecular weight excluding hydrogens is 226 g/mol. The van der Waals surface area contributed by atoms with E-state index in [4.69, 9.17) is 11.5 Å². The fourth-order valence-corrected chi connectivity index (χ4v) is 1.33. The fourth-order valence-electron chi connectivity index (χ4n) is 1.33. The maximum absolute atomic E-state index is 5.70. The van der Waals surface area contributed by atoms with Crippen LogP contribution in [0.4, 0.5) is 0 Å². The number of aliphatic imine (C=N–C) groups is 2. The Bertz CT molecular complexity index is 397. The van der Waals surface area contributed by atoms with Crippen molar-refractivity contribution in [3.63, 3.8) is 0 Å². The van der Waals surface area contributed by atoms with Crippen molar-refractivity contribution in [2.24, 2.45) is 21.5 Å². The molecule has 0 heterocycles. The van der Waals surface area contributed by atoms with Crippen LogP contribution < -0.4 is 16.8 Å². The van der Waals surface area contributed by atoms with Crippen LogP contribution in [0.3, 0.4) is 0 Å². The van der Waals surface area contributed by atoms with Gasteiger partial charge < -0.3 is 11.5 Å². The van der Waals surface area contributed by atoms with Crippen LogP contribution in [0.1, 0.15) is 25.3 Å². The summed E-state index contributed by atoms with van der Waals surface area (Å²) in [5.74, 6) is 0.606. The van der Waals surface area contributed by atoms with E-state index in [2.05, 4.69) is 22.2 Å². The average molecular weight is 247 g/mol. The Kier molecular flexibility index (Phi) is 6.32. The number of unbranched alkanes of at least 4 members (excludes halogenated alkanes) is 1. The molecule has 0 bridgehead atoms. The number of hydrogen-bond acceptors (Lipinski definition) is 2. The molecule has 5 nitrogen and oxygen atoms in total. The molecular formula is C13H21N5. The summed E-state index contributed by atoms with van der Waals surface area (Å²) in [6.07, 6.45) is 2.11. The van der Waals surface area contributed by atoms with Gasteiger partial charge in [-0.2, -0.15) is 0 Å². The van der Waals surface area contributed by atoms with Crippen molar-refractivity contribution < 1.29 is 0 Å². The first kappa shape index (κ1) is 14.0. The van der Waals surface area contributed by atoms with E-state index in [0.717, 1.165) is 18.4 Å². The van der Waals surface area contributed by atoms with Crippen LogP contribution in [0, 0.1) is 0 Å². The second kappa shape index (κ2) is 8.11. The SMILES string of the molecule is CCCCN=C(N)NC(N)=NCc1ccccc1. The molecule has 0 aromatic heterocycles. The minimum atomic E-state index is 0.289. The maximum Gasteiger partial charge on any atom is 0.195 e. The van der Waals surface area contributed by atoms with Gasteiger partial charge in [0.15, 0.2) is 11.9 Å². The molecule has 1 rings (SSSR count). The Morgan fingerprint density at radius 3 is 2.44 bits per heavy atom. The predicted octanol–water partition coefficient (Wildman–Crippen LogP) is 1.21. The second-order valence-electron chi connectivity index (χ2n) is 3.93. The Hall–Kier alpha value is -2.04. The molecule has 1 aromatic carbocycles. The van der Waals surface area contributed by atoms with Gasteiger partial charge >= 0.3 is 0 Å². The van der Waals surface area contributed by atoms with Crippen LogP contribution in [0.25, 0.3) is 0 Å². The molecule has 0 aliphatic carbocycles. The van der Waals surface area contributed by atoms with Gasteiger partial charge in [-0.1, -0.05) is 43.7 Å². The van der Waals surface area contributed by atoms with Crippen LogP contribution in [0.5, 0.6) is 0 Å². The van der Waals surface area contributed by atoms with Gasteiger partial charge in [0.1, 0.15) is 0 Å². The third-order valence-corrected chi connectivity index (χ3v) is 2.32. The molecule has 0 aliphatic rings. The lowest BCUT2D eigenvalue weighted by molar-refractivity contribution is 0.804. The number of nitrogens with two attached hydrogens (primary N) is 2. The van der Waals surface area contributed by atoms with Gasteiger partial charge in [-0.05, 0) is 12.0 Å². The van der Waals surface area contributed by atoms with E-state index < -0.39 is 0 Å². The van der Waals surface area contributed by atoms with Crippen LogP contribution in [0.2, 0.25) is 0 Å². The zero-order valence-electron chi connectivity index (χ0n) is 10.8. The molecule has 18 heavy (non-hydrogen) atoms. The van der Waals surface area contributed by atoms with Crippen molar-refractivity contribution in [1.82, 2.24) is 5.32 Å². The molecule has 1 aromatic rings. The topological polar surface area (TPSA) is 88.8 Å². The summed E-state index contributed by atoms with van der Waals surface area (Å²) in [7, 11) is 0. The quantitative estimate of drug-likeness (QED) is 0.415. The summed E-state index contributed by atoms with van der Waals surface area (Å²) in [4.78, 5) is 8.32. The van der Waals surface area contributed by atoms with Crippen LogP contribution >= 0.6 is 0 Å². The van der Waals surface area contributed by atoms with Crippen molar-refractivity contribution in [2.45, 2.75) is 26.3 Å². The summed E-state index contributed by atoms with van der Waals surface area (Å²) in [6.45, 7) is 3.35. The fraction of sp³-hybridized carbons (Fsp3) is 0.385. The molecule has 5 heteroatoms. The lowest BCUT2D eigenvalue weighted by Crippen LogP contribution is -2.41. The van der Waals surface area contributed by atoms with Crippen molar-refractivity contribution in [1.29, 1.82) is 0 Å². The molecule has 98 valence electrons. The van der Waals surface area contributed by atoms with Crippen molar-refractivity contribution in [2.75, 3.05) is 6.54 Å². The highest BCUT2D eigenvalue weighted by molar-refractivity contribution is 5.96. The van der Waals surface area contributed by atoms with Gasteiger partial charge in [-0.25, -0.2) is 4.99 Å². The van der Waals surface area contributed by atoms with E-state index in [0.29, 0.717) is 19.0 Å². The van der Waals surface area contributed by atoms with Crippen molar-refractivity contribution in [3.05, 3.63) is 35.9 Å². The summed E-state index contributed by atoms with van der Waals surface area (Å²) in [5.41, 5.74) is 12.5. The number of guanidine groups is 2. The highest BCUT2D eigenvalue weighted by Crippen LogP contribution is 1.99. The normalized spacial score (nSPS) is 12.5. The third kappa shape index (κ3) is 5.89. The summed E-state index contributed by atoms with van der Waals surface area (Å²) < 4.78 is 0. The third-order valence-electron chi connectivity index (χ3n) is 2.32. The molecule has 0 saturated heterocycles. The Labute approximate surface area is 108 Å². The Morgan fingerprint density at radius 2 is 1.78 bits per heavy atom.